The third-order valence-corrected chi connectivity index (χ3v) is 4.24. The van der Waals surface area contributed by atoms with Crippen LogP contribution in [0.15, 0.2) is 41.1 Å². The molecular formula is C12H8BrN3S. The van der Waals surface area contributed by atoms with E-state index in [0.717, 1.165) is 30.9 Å². The first-order chi connectivity index (χ1) is 8.24. The maximum absolute atomic E-state index is 5.87. The lowest BCUT2D eigenvalue weighted by Gasteiger charge is -2.00. The van der Waals surface area contributed by atoms with Crippen LogP contribution in [0.4, 0.5) is 5.69 Å². The van der Waals surface area contributed by atoms with Crippen molar-refractivity contribution in [1.29, 1.82) is 0 Å². The van der Waals surface area contributed by atoms with Crippen LogP contribution in [0.25, 0.3) is 20.8 Å². The van der Waals surface area contributed by atoms with Gasteiger partial charge in [-0.1, -0.05) is 6.07 Å². The fourth-order valence-electron chi connectivity index (χ4n) is 1.58. The smallest absolute Gasteiger partial charge is 0.124 e. The lowest BCUT2D eigenvalue weighted by molar-refractivity contribution is 1.34. The number of fused-ring (bicyclic) bond motifs is 1. The molecule has 2 aromatic heterocycles. The molecule has 0 aliphatic rings. The number of hydrogen-bond donors (Lipinski definition) is 1. The van der Waals surface area contributed by atoms with Gasteiger partial charge < -0.3 is 5.73 Å². The summed E-state index contributed by atoms with van der Waals surface area (Å²) in [5, 5.41) is 0.965. The van der Waals surface area contributed by atoms with Gasteiger partial charge in [-0.2, -0.15) is 0 Å². The van der Waals surface area contributed by atoms with E-state index in [1.165, 1.54) is 0 Å². The Balaban J connectivity index is 2.17. The molecule has 0 aliphatic carbocycles. The van der Waals surface area contributed by atoms with Crippen molar-refractivity contribution >= 4 is 43.2 Å². The topological polar surface area (TPSA) is 51.8 Å². The highest BCUT2D eigenvalue weighted by Crippen LogP contribution is 2.32. The number of aromatic nitrogens is 2. The van der Waals surface area contributed by atoms with Gasteiger partial charge in [0.25, 0.3) is 0 Å². The number of benzene rings is 1. The summed E-state index contributed by atoms with van der Waals surface area (Å²) in [7, 11) is 0. The summed E-state index contributed by atoms with van der Waals surface area (Å²) in [5.74, 6) is 0. The van der Waals surface area contributed by atoms with Crippen LogP contribution in [0, 0.1) is 0 Å². The molecule has 0 bridgehead atoms. The Morgan fingerprint density at radius 2 is 2.12 bits per heavy atom. The fourth-order valence-corrected chi connectivity index (χ4v) is 2.76. The van der Waals surface area contributed by atoms with Crippen LogP contribution in [0.5, 0.6) is 0 Å². The molecule has 0 aliphatic heterocycles. The predicted octanol–water partition coefficient (Wildman–Crippen LogP) is 3.70. The molecule has 0 saturated heterocycles. The van der Waals surface area contributed by atoms with Crippen LogP contribution < -0.4 is 5.73 Å². The van der Waals surface area contributed by atoms with Crippen LogP contribution in [0.3, 0.4) is 0 Å². The molecule has 0 saturated carbocycles. The van der Waals surface area contributed by atoms with E-state index in [1.807, 2.05) is 24.3 Å². The molecular weight excluding hydrogens is 298 g/mol. The molecule has 84 valence electrons. The Kier molecular flexibility index (Phi) is 2.57. The molecule has 5 heteroatoms. The third kappa shape index (κ3) is 1.92. The van der Waals surface area contributed by atoms with E-state index >= 15 is 0 Å². The summed E-state index contributed by atoms with van der Waals surface area (Å²) in [6, 6.07) is 7.84. The first-order valence-electron chi connectivity index (χ1n) is 5.00. The normalized spacial score (nSPS) is 10.9. The van der Waals surface area contributed by atoms with E-state index in [0.29, 0.717) is 0 Å². The Morgan fingerprint density at radius 3 is 2.88 bits per heavy atom. The summed E-state index contributed by atoms with van der Waals surface area (Å²) >= 11 is 5.03. The van der Waals surface area contributed by atoms with Crippen molar-refractivity contribution < 1.29 is 0 Å². The molecule has 3 nitrogen and oxygen atoms in total. The second kappa shape index (κ2) is 4.09. The zero-order valence-corrected chi connectivity index (χ0v) is 11.1. The van der Waals surface area contributed by atoms with Gasteiger partial charge in [0.2, 0.25) is 0 Å². The van der Waals surface area contributed by atoms with Gasteiger partial charge in [-0.15, -0.1) is 11.3 Å². The fraction of sp³-hybridized carbons (Fsp3) is 0. The van der Waals surface area contributed by atoms with Gasteiger partial charge in [-0.3, -0.25) is 4.98 Å². The SMILES string of the molecule is Nc1cc(-c2nc3cnccc3s2)ccc1Br. The molecule has 0 amide bonds. The van der Waals surface area contributed by atoms with Crippen molar-refractivity contribution in [2.24, 2.45) is 0 Å². The van der Waals surface area contributed by atoms with Crippen molar-refractivity contribution in [3.8, 4) is 10.6 Å². The number of halogens is 1. The minimum absolute atomic E-state index is 0.722. The molecule has 2 heterocycles. The third-order valence-electron chi connectivity index (χ3n) is 2.43. The molecule has 0 unspecified atom stereocenters. The van der Waals surface area contributed by atoms with Crippen LogP contribution in [0.1, 0.15) is 0 Å². The number of pyridine rings is 1. The summed E-state index contributed by atoms with van der Waals surface area (Å²) in [6.07, 6.45) is 3.55. The molecule has 0 atom stereocenters. The Morgan fingerprint density at radius 1 is 1.24 bits per heavy atom. The average molecular weight is 306 g/mol. The van der Waals surface area contributed by atoms with Gasteiger partial charge in [-0.05, 0) is 34.1 Å². The lowest BCUT2D eigenvalue weighted by Crippen LogP contribution is -1.87. The zero-order valence-electron chi connectivity index (χ0n) is 8.72. The van der Waals surface area contributed by atoms with E-state index < -0.39 is 0 Å². The maximum atomic E-state index is 5.87. The first kappa shape index (κ1) is 10.7. The van der Waals surface area contributed by atoms with E-state index in [1.54, 1.807) is 23.7 Å². The van der Waals surface area contributed by atoms with Crippen LogP contribution >= 0.6 is 27.3 Å². The number of rotatable bonds is 1. The maximum Gasteiger partial charge on any atom is 0.124 e. The highest BCUT2D eigenvalue weighted by atomic mass is 79.9. The quantitative estimate of drug-likeness (QED) is 0.697. The minimum Gasteiger partial charge on any atom is -0.398 e. The van der Waals surface area contributed by atoms with E-state index in [9.17, 15) is 0 Å². The largest absolute Gasteiger partial charge is 0.398 e. The second-order valence-electron chi connectivity index (χ2n) is 3.60. The van der Waals surface area contributed by atoms with Crippen LogP contribution in [0.2, 0.25) is 0 Å². The highest BCUT2D eigenvalue weighted by molar-refractivity contribution is 9.10. The standard InChI is InChI=1S/C12H8BrN3S/c13-8-2-1-7(5-9(8)14)12-16-10-6-15-4-3-11(10)17-12/h1-6H,14H2. The molecule has 0 fully saturated rings. The zero-order chi connectivity index (χ0) is 11.8. The van der Waals surface area contributed by atoms with Crippen molar-refractivity contribution in [2.75, 3.05) is 5.73 Å². The first-order valence-corrected chi connectivity index (χ1v) is 6.61. The van der Waals surface area contributed by atoms with Gasteiger partial charge in [0.15, 0.2) is 0 Å². The number of nitrogen functional groups attached to an aromatic ring is 1. The molecule has 0 radical (unpaired) electrons. The number of nitrogens with two attached hydrogens (primary N) is 1. The molecule has 2 N–H and O–H groups in total. The van der Waals surface area contributed by atoms with Crippen LogP contribution in [-0.2, 0) is 0 Å². The number of anilines is 1. The average Bonchev–Trinajstić information content (AvgIpc) is 2.76. The molecule has 0 spiro atoms. The Bertz CT molecular complexity index is 660. The summed E-state index contributed by atoms with van der Waals surface area (Å²) in [5.41, 5.74) is 8.55. The van der Waals surface area contributed by atoms with Crippen LogP contribution in [-0.4, -0.2) is 9.97 Å². The predicted molar refractivity (Wildman–Crippen MR) is 75.0 cm³/mol. The summed E-state index contributed by atoms with van der Waals surface area (Å²) in [6.45, 7) is 0. The molecule has 17 heavy (non-hydrogen) atoms. The second-order valence-corrected chi connectivity index (χ2v) is 5.48. The van der Waals surface area contributed by atoms with Gasteiger partial charge >= 0.3 is 0 Å². The van der Waals surface area contributed by atoms with Crippen molar-refractivity contribution in [3.63, 3.8) is 0 Å². The van der Waals surface area contributed by atoms with Gasteiger partial charge in [0.1, 0.15) is 10.5 Å². The van der Waals surface area contributed by atoms with Gasteiger partial charge in [-0.25, -0.2) is 4.98 Å². The summed E-state index contributed by atoms with van der Waals surface area (Å²) in [4.78, 5) is 8.60. The summed E-state index contributed by atoms with van der Waals surface area (Å²) < 4.78 is 2.04. The number of hydrogen-bond acceptors (Lipinski definition) is 4. The van der Waals surface area contributed by atoms with E-state index in [4.69, 9.17) is 5.73 Å². The Labute approximate surface area is 110 Å². The highest BCUT2D eigenvalue weighted by Gasteiger charge is 2.07. The molecule has 1 aromatic carbocycles. The van der Waals surface area contributed by atoms with E-state index in [2.05, 4.69) is 25.9 Å². The van der Waals surface area contributed by atoms with Crippen molar-refractivity contribution in [2.45, 2.75) is 0 Å². The number of thiazole rings is 1. The van der Waals surface area contributed by atoms with Crippen molar-refractivity contribution in [3.05, 3.63) is 41.1 Å². The molecule has 3 aromatic rings. The van der Waals surface area contributed by atoms with Gasteiger partial charge in [0, 0.05) is 21.9 Å². The number of nitrogens with zero attached hydrogens (tertiary/aromatic N) is 2. The van der Waals surface area contributed by atoms with E-state index in [-0.39, 0.29) is 0 Å². The van der Waals surface area contributed by atoms with Crippen molar-refractivity contribution in [1.82, 2.24) is 9.97 Å². The Hall–Kier alpha value is -1.46. The van der Waals surface area contributed by atoms with Gasteiger partial charge in [0.05, 0.1) is 10.9 Å². The monoisotopic (exact) mass is 305 g/mol. The minimum atomic E-state index is 0.722. The molecule has 3 rings (SSSR count). The lowest BCUT2D eigenvalue weighted by atomic mass is 10.2.